The molecule has 3 aliphatic rings. The van der Waals surface area contributed by atoms with E-state index in [1.807, 2.05) is 12.1 Å². The number of phenols is 1. The third kappa shape index (κ3) is 6.87. The van der Waals surface area contributed by atoms with Gasteiger partial charge < -0.3 is 50.5 Å². The molecule has 5 rings (SSSR count). The lowest BCUT2D eigenvalue weighted by Crippen LogP contribution is -2.45. The fourth-order valence-corrected chi connectivity index (χ4v) is 6.12. The van der Waals surface area contributed by atoms with Gasteiger partial charge in [0.2, 0.25) is 18.4 Å². The van der Waals surface area contributed by atoms with Gasteiger partial charge in [-0.05, 0) is 86.4 Å². The smallest absolute Gasteiger partial charge is 0.310 e. The summed E-state index contributed by atoms with van der Waals surface area (Å²) in [7, 11) is 2.91. The molecular formula is C30H41ClN4O8. The van der Waals surface area contributed by atoms with Crippen molar-refractivity contribution in [1.82, 2.24) is 16.0 Å². The zero-order valence-electron chi connectivity index (χ0n) is 24.5. The van der Waals surface area contributed by atoms with E-state index in [1.54, 1.807) is 12.1 Å². The lowest BCUT2D eigenvalue weighted by molar-refractivity contribution is -0.141. The van der Waals surface area contributed by atoms with Gasteiger partial charge in [0.05, 0.1) is 39.3 Å². The highest BCUT2D eigenvalue weighted by atomic mass is 35.5. The number of cyclic esters (lactones) is 1. The van der Waals surface area contributed by atoms with Crippen molar-refractivity contribution >= 4 is 24.3 Å². The zero-order valence-corrected chi connectivity index (χ0v) is 25.3. The van der Waals surface area contributed by atoms with Crippen molar-refractivity contribution in [3.05, 3.63) is 41.0 Å². The molecule has 0 aromatic heterocycles. The Bertz CT molecular complexity index is 1270. The molecule has 2 heterocycles. The summed E-state index contributed by atoms with van der Waals surface area (Å²) in [5.74, 6) is -0.457. The van der Waals surface area contributed by atoms with Crippen LogP contribution in [0.3, 0.4) is 0 Å². The summed E-state index contributed by atoms with van der Waals surface area (Å²) in [6, 6.07) is 6.68. The number of rotatable bonds is 14. The molecule has 2 aliphatic heterocycles. The number of ether oxygens (including phenoxy) is 5. The summed E-state index contributed by atoms with van der Waals surface area (Å²) in [6.07, 6.45) is 2.90. The van der Waals surface area contributed by atoms with E-state index in [1.165, 1.54) is 14.2 Å². The molecule has 2 aromatic carbocycles. The van der Waals surface area contributed by atoms with Gasteiger partial charge in [-0.25, -0.2) is 0 Å². The molecule has 0 bridgehead atoms. The number of amides is 1. The molecule has 236 valence electrons. The first-order valence-corrected chi connectivity index (χ1v) is 14.4. The van der Waals surface area contributed by atoms with Gasteiger partial charge in [0, 0.05) is 11.8 Å². The van der Waals surface area contributed by atoms with Crippen LogP contribution in [0.2, 0.25) is 0 Å². The minimum absolute atomic E-state index is 0. The summed E-state index contributed by atoms with van der Waals surface area (Å²) in [6.45, 7) is 3.63. The van der Waals surface area contributed by atoms with Gasteiger partial charge in [0.25, 0.3) is 0 Å². The Labute approximate surface area is 257 Å². The average molecular weight is 621 g/mol. The minimum atomic E-state index is -0.596. The van der Waals surface area contributed by atoms with Crippen LogP contribution in [0.1, 0.15) is 47.9 Å². The number of methoxy groups -OCH3 is 2. The van der Waals surface area contributed by atoms with Crippen LogP contribution in [0.5, 0.6) is 28.7 Å². The summed E-state index contributed by atoms with van der Waals surface area (Å²) in [5.41, 5.74) is 7.84. The van der Waals surface area contributed by atoms with Crippen LogP contribution in [-0.2, 0) is 14.3 Å². The predicted octanol–water partition coefficient (Wildman–Crippen LogP) is 1.96. The Morgan fingerprint density at radius 2 is 1.58 bits per heavy atom. The number of esters is 1. The number of unbranched alkanes of at least 4 members (excludes halogenated alkanes) is 1. The van der Waals surface area contributed by atoms with Crippen LogP contribution >= 0.6 is 12.4 Å². The second-order valence-corrected chi connectivity index (χ2v) is 10.7. The van der Waals surface area contributed by atoms with Crippen molar-refractivity contribution in [3.63, 3.8) is 0 Å². The maximum Gasteiger partial charge on any atom is 0.310 e. The molecule has 0 saturated carbocycles. The van der Waals surface area contributed by atoms with Gasteiger partial charge in [-0.15, -0.1) is 12.4 Å². The number of hydrogen-bond donors (Lipinski definition) is 5. The lowest BCUT2D eigenvalue weighted by atomic mass is 9.65. The number of carbonyl (C=O) groups excluding carboxylic acids is 2. The molecule has 4 atom stereocenters. The number of halogens is 1. The topological polar surface area (TPSA) is 163 Å². The number of benzene rings is 2. The second-order valence-electron chi connectivity index (χ2n) is 10.7. The van der Waals surface area contributed by atoms with Crippen molar-refractivity contribution < 1.29 is 38.4 Å². The van der Waals surface area contributed by atoms with E-state index in [2.05, 4.69) is 16.0 Å². The van der Waals surface area contributed by atoms with Crippen LogP contribution in [0, 0.1) is 11.8 Å². The summed E-state index contributed by atoms with van der Waals surface area (Å²) in [4.78, 5) is 26.4. The predicted molar refractivity (Wildman–Crippen MR) is 160 cm³/mol. The fourth-order valence-electron chi connectivity index (χ4n) is 6.12. The fraction of sp³-hybridized carbons (Fsp3) is 0.533. The summed E-state index contributed by atoms with van der Waals surface area (Å²) in [5, 5.41) is 20.3. The van der Waals surface area contributed by atoms with Gasteiger partial charge in [-0.3, -0.25) is 9.59 Å². The number of fused-ring (bicyclic) bond motifs is 3. The van der Waals surface area contributed by atoms with E-state index in [0.29, 0.717) is 30.2 Å². The molecule has 43 heavy (non-hydrogen) atoms. The molecule has 1 fully saturated rings. The van der Waals surface area contributed by atoms with Crippen molar-refractivity contribution in [2.24, 2.45) is 17.6 Å². The standard InChI is InChI=1S/C30H40N4O8.ClH/c1-38-23-10-17(11-24(39-2)29(23)36)26-18-12-21-22(42-16-41-21)13-19(18)28(20-15-40-30(37)27(20)26)34-25(35)14-33-8-4-3-7-32-9-5-6-31;/h10-13,20,26-28,32-33,36H,3-9,14-16,31H2,1-2H3,(H,34,35);1H. The SMILES string of the molecule is COc1cc(C2c3cc4c(cc3C(NC(=O)CNCCCCNCCCN)C3COC(=O)C23)OCO4)cc(OC)c1O.Cl. The molecule has 12 nitrogen and oxygen atoms in total. The molecule has 6 N–H and O–H groups in total. The van der Waals surface area contributed by atoms with Crippen LogP contribution < -0.4 is 40.6 Å². The Morgan fingerprint density at radius 1 is 0.953 bits per heavy atom. The molecular weight excluding hydrogens is 580 g/mol. The largest absolute Gasteiger partial charge is 0.502 e. The number of nitrogens with one attached hydrogen (secondary N) is 3. The Kier molecular flexibility index (Phi) is 11.2. The maximum atomic E-state index is 13.3. The number of aromatic hydroxyl groups is 1. The van der Waals surface area contributed by atoms with E-state index < -0.39 is 17.9 Å². The Hall–Kier alpha value is -3.45. The average Bonchev–Trinajstić information content (AvgIpc) is 3.62. The lowest BCUT2D eigenvalue weighted by Gasteiger charge is -2.39. The van der Waals surface area contributed by atoms with Gasteiger partial charge in [-0.1, -0.05) is 0 Å². The highest BCUT2D eigenvalue weighted by molar-refractivity contribution is 5.85. The number of phenolic OH excluding ortho intramolecular Hbond substituents is 1. The van der Waals surface area contributed by atoms with Gasteiger partial charge in [0.15, 0.2) is 23.0 Å². The maximum absolute atomic E-state index is 13.3. The first kappa shape index (κ1) is 32.5. The first-order chi connectivity index (χ1) is 20.5. The van der Waals surface area contributed by atoms with Crippen molar-refractivity contribution in [2.45, 2.75) is 31.2 Å². The van der Waals surface area contributed by atoms with Gasteiger partial charge >= 0.3 is 5.97 Å². The van der Waals surface area contributed by atoms with E-state index >= 15 is 0 Å². The van der Waals surface area contributed by atoms with Crippen molar-refractivity contribution in [2.75, 3.05) is 60.3 Å². The molecule has 0 radical (unpaired) electrons. The highest BCUT2D eigenvalue weighted by Crippen LogP contribution is 2.55. The molecule has 0 spiro atoms. The van der Waals surface area contributed by atoms with Gasteiger partial charge in [0.1, 0.15) is 0 Å². The summed E-state index contributed by atoms with van der Waals surface area (Å²) < 4.78 is 27.8. The Morgan fingerprint density at radius 3 is 2.23 bits per heavy atom. The van der Waals surface area contributed by atoms with Crippen LogP contribution in [0.25, 0.3) is 0 Å². The molecule has 1 amide bonds. The second kappa shape index (κ2) is 14.8. The van der Waals surface area contributed by atoms with Crippen molar-refractivity contribution in [1.29, 1.82) is 0 Å². The quantitative estimate of drug-likeness (QED) is 0.155. The molecule has 1 aliphatic carbocycles. The normalized spacial score (nSPS) is 21.3. The van der Waals surface area contributed by atoms with Crippen LogP contribution in [0.4, 0.5) is 0 Å². The van der Waals surface area contributed by atoms with E-state index in [0.717, 1.165) is 43.5 Å². The van der Waals surface area contributed by atoms with E-state index in [4.69, 9.17) is 29.4 Å². The summed E-state index contributed by atoms with van der Waals surface area (Å²) >= 11 is 0. The zero-order chi connectivity index (χ0) is 29.6. The van der Waals surface area contributed by atoms with Crippen LogP contribution in [-0.4, -0.2) is 77.3 Å². The minimum Gasteiger partial charge on any atom is -0.502 e. The number of nitrogens with two attached hydrogens (primary N) is 1. The molecule has 1 saturated heterocycles. The van der Waals surface area contributed by atoms with E-state index in [9.17, 15) is 14.7 Å². The third-order valence-corrected chi connectivity index (χ3v) is 8.17. The van der Waals surface area contributed by atoms with Crippen molar-refractivity contribution in [3.8, 4) is 28.7 Å². The number of hydrogen-bond acceptors (Lipinski definition) is 11. The molecule has 4 unspecified atom stereocenters. The third-order valence-electron chi connectivity index (χ3n) is 8.17. The monoisotopic (exact) mass is 620 g/mol. The van der Waals surface area contributed by atoms with Crippen LogP contribution in [0.15, 0.2) is 24.3 Å². The molecule has 13 heteroatoms. The first-order valence-electron chi connectivity index (χ1n) is 14.4. The highest BCUT2D eigenvalue weighted by Gasteiger charge is 2.53. The number of carbonyl (C=O) groups is 2. The molecule has 2 aromatic rings. The van der Waals surface area contributed by atoms with E-state index in [-0.39, 0.29) is 67.4 Å². The Balaban J connectivity index is 0.00000423. The van der Waals surface area contributed by atoms with Gasteiger partial charge in [-0.2, -0.15) is 0 Å².